The lowest BCUT2D eigenvalue weighted by Gasteiger charge is -2.35. The van der Waals surface area contributed by atoms with Crippen molar-refractivity contribution in [1.29, 1.82) is 0 Å². The lowest BCUT2D eigenvalue weighted by atomic mass is 9.77. The first kappa shape index (κ1) is 14.5. The van der Waals surface area contributed by atoms with Crippen LogP contribution < -0.4 is 5.32 Å². The summed E-state index contributed by atoms with van der Waals surface area (Å²) in [7, 11) is 0. The standard InChI is InChI=1S/C15H21Br2N/c1-3-7-18-15(11-5-4-6-11)12-9-13(16)10(2)8-14(12)17/h8-9,11,15,18H,3-7H2,1-2H3. The maximum atomic E-state index is 3.73. The van der Waals surface area contributed by atoms with Gasteiger partial charge in [-0.1, -0.05) is 45.2 Å². The summed E-state index contributed by atoms with van der Waals surface area (Å²) in [5.41, 5.74) is 2.69. The van der Waals surface area contributed by atoms with Crippen LogP contribution in [0.25, 0.3) is 0 Å². The van der Waals surface area contributed by atoms with Gasteiger partial charge < -0.3 is 5.32 Å². The number of rotatable bonds is 5. The molecule has 1 N–H and O–H groups in total. The van der Waals surface area contributed by atoms with Crippen LogP contribution in [0.3, 0.4) is 0 Å². The average molecular weight is 375 g/mol. The SMILES string of the molecule is CCCNC(c1cc(Br)c(C)cc1Br)C1CCC1. The Morgan fingerprint density at radius 1 is 1.28 bits per heavy atom. The molecule has 3 heteroatoms. The van der Waals surface area contributed by atoms with Crippen LogP contribution in [0.4, 0.5) is 0 Å². The molecular formula is C15H21Br2N. The lowest BCUT2D eigenvalue weighted by Crippen LogP contribution is -2.33. The van der Waals surface area contributed by atoms with Gasteiger partial charge in [-0.05, 0) is 61.9 Å². The third-order valence-electron chi connectivity index (χ3n) is 3.85. The van der Waals surface area contributed by atoms with Gasteiger partial charge in [-0.2, -0.15) is 0 Å². The molecule has 18 heavy (non-hydrogen) atoms. The summed E-state index contributed by atoms with van der Waals surface area (Å²) in [5.74, 6) is 0.808. The van der Waals surface area contributed by atoms with Gasteiger partial charge in [-0.3, -0.25) is 0 Å². The van der Waals surface area contributed by atoms with E-state index in [1.807, 2.05) is 0 Å². The third-order valence-corrected chi connectivity index (χ3v) is 5.39. The first-order chi connectivity index (χ1) is 8.63. The molecule has 1 aromatic carbocycles. The number of hydrogen-bond donors (Lipinski definition) is 1. The highest BCUT2D eigenvalue weighted by atomic mass is 79.9. The average Bonchev–Trinajstić information content (AvgIpc) is 2.27. The van der Waals surface area contributed by atoms with Gasteiger partial charge in [0, 0.05) is 15.0 Å². The Morgan fingerprint density at radius 2 is 2.00 bits per heavy atom. The molecule has 0 bridgehead atoms. The van der Waals surface area contributed by atoms with E-state index in [2.05, 4.69) is 63.2 Å². The van der Waals surface area contributed by atoms with Crippen LogP contribution in [-0.4, -0.2) is 6.54 Å². The Labute approximate surface area is 127 Å². The maximum Gasteiger partial charge on any atom is 0.0360 e. The molecule has 2 rings (SSSR count). The van der Waals surface area contributed by atoms with E-state index >= 15 is 0 Å². The molecule has 0 amide bonds. The topological polar surface area (TPSA) is 12.0 Å². The Balaban J connectivity index is 2.25. The van der Waals surface area contributed by atoms with E-state index in [4.69, 9.17) is 0 Å². The predicted molar refractivity (Wildman–Crippen MR) is 85.0 cm³/mol. The molecule has 0 heterocycles. The monoisotopic (exact) mass is 373 g/mol. The second-order valence-corrected chi connectivity index (χ2v) is 6.95. The van der Waals surface area contributed by atoms with E-state index in [1.54, 1.807) is 0 Å². The fourth-order valence-corrected chi connectivity index (χ4v) is 3.57. The number of benzene rings is 1. The van der Waals surface area contributed by atoms with Crippen molar-refractivity contribution in [3.8, 4) is 0 Å². The van der Waals surface area contributed by atoms with Crippen molar-refractivity contribution in [1.82, 2.24) is 5.32 Å². The normalized spacial score (nSPS) is 17.6. The van der Waals surface area contributed by atoms with Crippen LogP contribution in [0.2, 0.25) is 0 Å². The summed E-state index contributed by atoms with van der Waals surface area (Å²) in [6.07, 6.45) is 5.30. The molecule has 1 nitrogen and oxygen atoms in total. The van der Waals surface area contributed by atoms with Gasteiger partial charge in [0.05, 0.1) is 0 Å². The van der Waals surface area contributed by atoms with Crippen molar-refractivity contribution < 1.29 is 0 Å². The van der Waals surface area contributed by atoms with Crippen molar-refractivity contribution in [3.63, 3.8) is 0 Å². The minimum absolute atomic E-state index is 0.505. The van der Waals surface area contributed by atoms with Crippen molar-refractivity contribution in [3.05, 3.63) is 32.2 Å². The Bertz CT molecular complexity index is 413. The van der Waals surface area contributed by atoms with E-state index in [1.165, 1.54) is 45.8 Å². The molecule has 0 aliphatic heterocycles. The molecule has 0 spiro atoms. The first-order valence-corrected chi connectivity index (χ1v) is 8.41. The van der Waals surface area contributed by atoms with Crippen molar-refractivity contribution in [2.24, 2.45) is 5.92 Å². The van der Waals surface area contributed by atoms with Gasteiger partial charge in [0.2, 0.25) is 0 Å². The summed E-state index contributed by atoms with van der Waals surface area (Å²) >= 11 is 7.39. The minimum Gasteiger partial charge on any atom is -0.310 e. The van der Waals surface area contributed by atoms with Gasteiger partial charge in [0.1, 0.15) is 0 Å². The molecule has 1 fully saturated rings. The third kappa shape index (κ3) is 3.17. The summed E-state index contributed by atoms with van der Waals surface area (Å²) in [6.45, 7) is 5.46. The number of aryl methyl sites for hydroxylation is 1. The quantitative estimate of drug-likeness (QED) is 0.731. The largest absolute Gasteiger partial charge is 0.310 e. The van der Waals surface area contributed by atoms with Gasteiger partial charge in [-0.25, -0.2) is 0 Å². The van der Waals surface area contributed by atoms with Crippen molar-refractivity contribution >= 4 is 31.9 Å². The van der Waals surface area contributed by atoms with E-state index in [9.17, 15) is 0 Å². The summed E-state index contributed by atoms with van der Waals surface area (Å²) < 4.78 is 2.45. The fraction of sp³-hybridized carbons (Fsp3) is 0.600. The molecular weight excluding hydrogens is 354 g/mol. The first-order valence-electron chi connectivity index (χ1n) is 6.82. The highest BCUT2D eigenvalue weighted by Crippen LogP contribution is 2.41. The highest BCUT2D eigenvalue weighted by molar-refractivity contribution is 9.11. The second-order valence-electron chi connectivity index (χ2n) is 5.25. The summed E-state index contributed by atoms with van der Waals surface area (Å²) in [5, 5.41) is 3.72. The Kier molecular flexibility index (Phi) is 5.28. The van der Waals surface area contributed by atoms with E-state index in [-0.39, 0.29) is 0 Å². The van der Waals surface area contributed by atoms with Gasteiger partial charge in [0.15, 0.2) is 0 Å². The van der Waals surface area contributed by atoms with Crippen LogP contribution in [0.5, 0.6) is 0 Å². The molecule has 0 radical (unpaired) electrons. The lowest BCUT2D eigenvalue weighted by molar-refractivity contribution is 0.230. The van der Waals surface area contributed by atoms with E-state index < -0.39 is 0 Å². The van der Waals surface area contributed by atoms with Gasteiger partial charge >= 0.3 is 0 Å². The minimum atomic E-state index is 0.505. The molecule has 1 aromatic rings. The highest BCUT2D eigenvalue weighted by Gasteiger charge is 2.29. The van der Waals surface area contributed by atoms with Crippen LogP contribution in [0.15, 0.2) is 21.1 Å². The Hall–Kier alpha value is 0.140. The second kappa shape index (κ2) is 6.53. The van der Waals surface area contributed by atoms with Crippen molar-refractivity contribution in [2.75, 3.05) is 6.54 Å². The van der Waals surface area contributed by atoms with Crippen LogP contribution in [0.1, 0.15) is 49.8 Å². The molecule has 1 saturated carbocycles. The van der Waals surface area contributed by atoms with E-state index in [0.29, 0.717) is 6.04 Å². The summed E-state index contributed by atoms with van der Waals surface area (Å²) in [4.78, 5) is 0. The molecule has 0 aromatic heterocycles. The fourth-order valence-electron chi connectivity index (χ4n) is 2.50. The van der Waals surface area contributed by atoms with Crippen LogP contribution in [-0.2, 0) is 0 Å². The molecule has 1 unspecified atom stereocenters. The van der Waals surface area contributed by atoms with Crippen molar-refractivity contribution in [2.45, 2.75) is 45.6 Å². The zero-order valence-electron chi connectivity index (χ0n) is 11.1. The molecule has 100 valence electrons. The predicted octanol–water partition coefficient (Wildman–Crippen LogP) is 5.36. The molecule has 1 aliphatic rings. The van der Waals surface area contributed by atoms with Crippen LogP contribution >= 0.6 is 31.9 Å². The number of halogens is 2. The number of hydrogen-bond acceptors (Lipinski definition) is 1. The van der Waals surface area contributed by atoms with E-state index in [0.717, 1.165) is 12.5 Å². The van der Waals surface area contributed by atoms with Gasteiger partial charge in [-0.15, -0.1) is 0 Å². The zero-order chi connectivity index (χ0) is 13.1. The van der Waals surface area contributed by atoms with Gasteiger partial charge in [0.25, 0.3) is 0 Å². The molecule has 0 saturated heterocycles. The van der Waals surface area contributed by atoms with Crippen LogP contribution in [0, 0.1) is 12.8 Å². The molecule has 1 atom stereocenters. The molecule has 1 aliphatic carbocycles. The summed E-state index contributed by atoms with van der Waals surface area (Å²) in [6, 6.07) is 5.01. The smallest absolute Gasteiger partial charge is 0.0360 e. The number of nitrogens with one attached hydrogen (secondary N) is 1. The zero-order valence-corrected chi connectivity index (χ0v) is 14.3. The maximum absolute atomic E-state index is 3.73. The Morgan fingerprint density at radius 3 is 2.56 bits per heavy atom.